The summed E-state index contributed by atoms with van der Waals surface area (Å²) < 4.78 is 0. The van der Waals surface area contributed by atoms with E-state index in [1.165, 1.54) is 36.8 Å². The van der Waals surface area contributed by atoms with Crippen molar-refractivity contribution in [2.24, 2.45) is 11.7 Å². The van der Waals surface area contributed by atoms with Gasteiger partial charge in [-0.25, -0.2) is 0 Å². The van der Waals surface area contributed by atoms with Gasteiger partial charge in [-0.3, -0.25) is 9.88 Å². The van der Waals surface area contributed by atoms with Crippen molar-refractivity contribution >= 4 is 0 Å². The van der Waals surface area contributed by atoms with Gasteiger partial charge in [0.15, 0.2) is 0 Å². The number of likely N-dealkylation sites (N-methyl/N-ethyl adjacent to an activating group) is 1. The number of pyridine rings is 1. The van der Waals surface area contributed by atoms with Gasteiger partial charge in [0.25, 0.3) is 0 Å². The molecule has 1 aromatic heterocycles. The van der Waals surface area contributed by atoms with Gasteiger partial charge < -0.3 is 5.73 Å². The molecule has 19 heavy (non-hydrogen) atoms. The van der Waals surface area contributed by atoms with Crippen molar-refractivity contribution in [1.82, 2.24) is 9.88 Å². The van der Waals surface area contributed by atoms with Gasteiger partial charge in [0.1, 0.15) is 0 Å². The summed E-state index contributed by atoms with van der Waals surface area (Å²) in [7, 11) is 2.21. The lowest BCUT2D eigenvalue weighted by molar-refractivity contribution is 0.0615. The molecule has 1 saturated carbocycles. The molecule has 0 spiro atoms. The molecule has 2 rings (SSSR count). The van der Waals surface area contributed by atoms with Crippen molar-refractivity contribution in [3.8, 4) is 0 Å². The van der Waals surface area contributed by atoms with Crippen molar-refractivity contribution in [3.63, 3.8) is 0 Å². The zero-order valence-electron chi connectivity index (χ0n) is 12.5. The topological polar surface area (TPSA) is 42.2 Å². The summed E-state index contributed by atoms with van der Waals surface area (Å²) in [6, 6.07) is 2.22. The van der Waals surface area contributed by atoms with Gasteiger partial charge in [-0.2, -0.15) is 0 Å². The normalized spacial score (nSPS) is 27.7. The molecule has 3 nitrogen and oxygen atoms in total. The fourth-order valence-corrected chi connectivity index (χ4v) is 3.19. The molecule has 0 aromatic carbocycles. The van der Waals surface area contributed by atoms with E-state index >= 15 is 0 Å². The highest BCUT2D eigenvalue weighted by Crippen LogP contribution is 2.35. The molecule has 1 fully saturated rings. The molecule has 3 heteroatoms. The maximum absolute atomic E-state index is 6.11. The Balaban J connectivity index is 2.06. The van der Waals surface area contributed by atoms with Gasteiger partial charge in [0.05, 0.1) is 0 Å². The Morgan fingerprint density at radius 1 is 1.37 bits per heavy atom. The summed E-state index contributed by atoms with van der Waals surface area (Å²) in [6.07, 6.45) is 8.92. The standard InChI is InChI=1S/C16H27N3/c1-13-4-6-16(12-17,7-5-13)19(3)11-15-8-14(2)9-18-10-15/h8-10,13H,4-7,11-12,17H2,1-3H3. The lowest BCUT2D eigenvalue weighted by Gasteiger charge is -2.45. The van der Waals surface area contributed by atoms with Gasteiger partial charge >= 0.3 is 0 Å². The van der Waals surface area contributed by atoms with Crippen molar-refractivity contribution in [2.75, 3.05) is 13.6 Å². The van der Waals surface area contributed by atoms with Gasteiger partial charge in [-0.1, -0.05) is 13.0 Å². The van der Waals surface area contributed by atoms with Crippen LogP contribution >= 0.6 is 0 Å². The maximum Gasteiger partial charge on any atom is 0.0332 e. The minimum atomic E-state index is 0.191. The van der Waals surface area contributed by atoms with Crippen LogP contribution < -0.4 is 5.73 Å². The fourth-order valence-electron chi connectivity index (χ4n) is 3.19. The van der Waals surface area contributed by atoms with Crippen LogP contribution in [-0.4, -0.2) is 29.0 Å². The van der Waals surface area contributed by atoms with Crippen LogP contribution in [0.15, 0.2) is 18.5 Å². The molecule has 106 valence electrons. The Labute approximate surface area is 117 Å². The van der Waals surface area contributed by atoms with Crippen LogP contribution in [0.2, 0.25) is 0 Å². The molecular weight excluding hydrogens is 234 g/mol. The summed E-state index contributed by atoms with van der Waals surface area (Å²) in [5, 5.41) is 0. The molecule has 2 N–H and O–H groups in total. The Kier molecular flexibility index (Phi) is 4.58. The zero-order chi connectivity index (χ0) is 13.9. The molecule has 1 heterocycles. The molecule has 0 bridgehead atoms. The van der Waals surface area contributed by atoms with E-state index in [-0.39, 0.29) is 5.54 Å². The molecule has 1 aliphatic rings. The molecule has 0 aliphatic heterocycles. The molecule has 0 radical (unpaired) electrons. The minimum Gasteiger partial charge on any atom is -0.329 e. The number of nitrogens with zero attached hydrogens (tertiary/aromatic N) is 2. The van der Waals surface area contributed by atoms with E-state index in [4.69, 9.17) is 5.73 Å². The lowest BCUT2D eigenvalue weighted by Crippen LogP contribution is -2.53. The third kappa shape index (κ3) is 3.34. The van der Waals surface area contributed by atoms with E-state index in [0.29, 0.717) is 0 Å². The summed E-state index contributed by atoms with van der Waals surface area (Å²) in [5.41, 5.74) is 8.81. The van der Waals surface area contributed by atoms with Crippen LogP contribution in [0.25, 0.3) is 0 Å². The lowest BCUT2D eigenvalue weighted by atomic mass is 9.76. The van der Waals surface area contributed by atoms with E-state index in [0.717, 1.165) is 19.0 Å². The highest BCUT2D eigenvalue weighted by Gasteiger charge is 2.36. The van der Waals surface area contributed by atoms with E-state index in [9.17, 15) is 0 Å². The van der Waals surface area contributed by atoms with Crippen LogP contribution in [-0.2, 0) is 6.54 Å². The van der Waals surface area contributed by atoms with E-state index in [2.05, 4.69) is 36.8 Å². The molecule has 0 unspecified atom stereocenters. The second kappa shape index (κ2) is 6.02. The number of rotatable bonds is 4. The highest BCUT2D eigenvalue weighted by atomic mass is 15.2. The summed E-state index contributed by atoms with van der Waals surface area (Å²) in [6.45, 7) is 6.15. The Bertz CT molecular complexity index is 408. The van der Waals surface area contributed by atoms with E-state index < -0.39 is 0 Å². The van der Waals surface area contributed by atoms with E-state index in [1.54, 1.807) is 0 Å². The molecule has 0 atom stereocenters. The summed E-state index contributed by atoms with van der Waals surface area (Å²) in [4.78, 5) is 6.74. The number of hydrogen-bond donors (Lipinski definition) is 1. The molecule has 1 aliphatic carbocycles. The zero-order valence-corrected chi connectivity index (χ0v) is 12.5. The first-order valence-electron chi connectivity index (χ1n) is 7.37. The minimum absolute atomic E-state index is 0.191. The third-order valence-corrected chi connectivity index (χ3v) is 4.75. The first-order valence-corrected chi connectivity index (χ1v) is 7.37. The predicted molar refractivity (Wildman–Crippen MR) is 79.9 cm³/mol. The number of nitrogens with two attached hydrogens (primary N) is 1. The van der Waals surface area contributed by atoms with Crippen molar-refractivity contribution in [1.29, 1.82) is 0 Å². The van der Waals surface area contributed by atoms with Crippen molar-refractivity contribution < 1.29 is 0 Å². The summed E-state index contributed by atoms with van der Waals surface area (Å²) >= 11 is 0. The highest BCUT2D eigenvalue weighted by molar-refractivity contribution is 5.17. The monoisotopic (exact) mass is 261 g/mol. The predicted octanol–water partition coefficient (Wildman–Crippen LogP) is 2.73. The van der Waals surface area contributed by atoms with Crippen LogP contribution in [0.3, 0.4) is 0 Å². The summed E-state index contributed by atoms with van der Waals surface area (Å²) in [5.74, 6) is 0.855. The first-order chi connectivity index (χ1) is 9.05. The van der Waals surface area contributed by atoms with Crippen molar-refractivity contribution in [3.05, 3.63) is 29.6 Å². The average Bonchev–Trinajstić information content (AvgIpc) is 2.40. The molecular formula is C16H27N3. The Morgan fingerprint density at radius 3 is 2.63 bits per heavy atom. The fraction of sp³-hybridized carbons (Fsp3) is 0.688. The van der Waals surface area contributed by atoms with Crippen LogP contribution in [0.5, 0.6) is 0 Å². The van der Waals surface area contributed by atoms with Crippen LogP contribution in [0, 0.1) is 12.8 Å². The van der Waals surface area contributed by atoms with Gasteiger partial charge in [0.2, 0.25) is 0 Å². The molecule has 1 aromatic rings. The smallest absolute Gasteiger partial charge is 0.0332 e. The van der Waals surface area contributed by atoms with Crippen molar-refractivity contribution in [2.45, 2.75) is 51.6 Å². The Morgan fingerprint density at radius 2 is 2.05 bits per heavy atom. The average molecular weight is 261 g/mol. The second-order valence-corrected chi connectivity index (χ2v) is 6.34. The first kappa shape index (κ1) is 14.5. The molecule has 0 saturated heterocycles. The number of hydrogen-bond acceptors (Lipinski definition) is 3. The Hall–Kier alpha value is -0.930. The second-order valence-electron chi connectivity index (χ2n) is 6.34. The van der Waals surface area contributed by atoms with E-state index in [1.807, 2.05) is 12.4 Å². The quantitative estimate of drug-likeness (QED) is 0.906. The maximum atomic E-state index is 6.11. The van der Waals surface area contributed by atoms with Crippen LogP contribution in [0.4, 0.5) is 0 Å². The number of aryl methyl sites for hydroxylation is 1. The van der Waals surface area contributed by atoms with Gasteiger partial charge in [-0.15, -0.1) is 0 Å². The molecule has 0 amide bonds. The van der Waals surface area contributed by atoms with Gasteiger partial charge in [-0.05, 0) is 56.7 Å². The largest absolute Gasteiger partial charge is 0.329 e. The SMILES string of the molecule is Cc1cncc(CN(C)C2(CN)CCC(C)CC2)c1. The third-order valence-electron chi connectivity index (χ3n) is 4.75. The number of aromatic nitrogens is 1. The van der Waals surface area contributed by atoms with Crippen LogP contribution in [0.1, 0.15) is 43.7 Å². The van der Waals surface area contributed by atoms with Gasteiger partial charge in [0, 0.05) is 31.0 Å².